The number of nitrogens with zero attached hydrogens (tertiary/aromatic N) is 1. The van der Waals surface area contributed by atoms with Crippen LogP contribution in [0, 0.1) is 5.92 Å². The van der Waals surface area contributed by atoms with E-state index in [1.807, 2.05) is 0 Å². The lowest BCUT2D eigenvalue weighted by atomic mass is 9.83. The minimum atomic E-state index is 0.303. The van der Waals surface area contributed by atoms with Crippen LogP contribution in [0.3, 0.4) is 0 Å². The molecule has 18 heavy (non-hydrogen) atoms. The molecule has 3 aliphatic rings. The van der Waals surface area contributed by atoms with Crippen LogP contribution >= 0.6 is 15.9 Å². The minimum absolute atomic E-state index is 0.303. The van der Waals surface area contributed by atoms with Gasteiger partial charge in [-0.15, -0.1) is 0 Å². The molecule has 2 atom stereocenters. The Balaban J connectivity index is 1.47. The Morgan fingerprint density at radius 2 is 1.94 bits per heavy atom. The molecule has 2 saturated heterocycles. The highest BCUT2D eigenvalue weighted by Crippen LogP contribution is 2.42. The third-order valence-corrected chi connectivity index (χ3v) is 6.07. The van der Waals surface area contributed by atoms with Crippen molar-refractivity contribution >= 4 is 15.9 Å². The van der Waals surface area contributed by atoms with Crippen molar-refractivity contribution in [1.29, 1.82) is 0 Å². The van der Waals surface area contributed by atoms with E-state index >= 15 is 0 Å². The van der Waals surface area contributed by atoms with E-state index in [-0.39, 0.29) is 0 Å². The summed E-state index contributed by atoms with van der Waals surface area (Å²) in [6.07, 6.45) is 11.4. The number of likely N-dealkylation sites (tertiary alicyclic amines) is 1. The molecule has 0 N–H and O–H groups in total. The lowest BCUT2D eigenvalue weighted by Gasteiger charge is -2.34. The SMILES string of the molecule is BrCC1CCN(CC2CCC3(CCCCC3)O2)C1. The van der Waals surface area contributed by atoms with Crippen LogP contribution < -0.4 is 0 Å². The molecule has 0 aromatic carbocycles. The quantitative estimate of drug-likeness (QED) is 0.738. The zero-order chi connectivity index (χ0) is 12.4. The maximum atomic E-state index is 6.47. The zero-order valence-electron chi connectivity index (χ0n) is 11.4. The van der Waals surface area contributed by atoms with Crippen molar-refractivity contribution in [3.63, 3.8) is 0 Å². The highest BCUT2D eigenvalue weighted by molar-refractivity contribution is 9.09. The Morgan fingerprint density at radius 3 is 2.67 bits per heavy atom. The zero-order valence-corrected chi connectivity index (χ0v) is 13.0. The molecule has 0 amide bonds. The molecule has 2 unspecified atom stereocenters. The van der Waals surface area contributed by atoms with Gasteiger partial charge in [0.1, 0.15) is 0 Å². The van der Waals surface area contributed by atoms with Gasteiger partial charge in [-0.05, 0) is 44.6 Å². The summed E-state index contributed by atoms with van der Waals surface area (Å²) >= 11 is 3.62. The van der Waals surface area contributed by atoms with Gasteiger partial charge < -0.3 is 9.64 Å². The maximum absolute atomic E-state index is 6.47. The maximum Gasteiger partial charge on any atom is 0.0710 e. The standard InChI is InChI=1S/C15H26BrNO/c16-10-13-5-9-17(11-13)12-14-4-8-15(18-14)6-2-1-3-7-15/h13-14H,1-12H2. The Hall–Kier alpha value is 0.400. The molecule has 0 bridgehead atoms. The van der Waals surface area contributed by atoms with Gasteiger partial charge in [0.25, 0.3) is 0 Å². The molecule has 1 saturated carbocycles. The summed E-state index contributed by atoms with van der Waals surface area (Å²) in [5.74, 6) is 0.870. The predicted molar refractivity (Wildman–Crippen MR) is 78.3 cm³/mol. The van der Waals surface area contributed by atoms with Gasteiger partial charge in [0, 0.05) is 18.4 Å². The number of ether oxygens (including phenoxy) is 1. The summed E-state index contributed by atoms with van der Waals surface area (Å²) in [6, 6.07) is 0. The normalized spacial score (nSPS) is 36.5. The molecule has 1 spiro atoms. The van der Waals surface area contributed by atoms with Crippen molar-refractivity contribution in [1.82, 2.24) is 4.90 Å². The molecule has 0 aromatic rings. The molecule has 0 aromatic heterocycles. The first-order valence-corrected chi connectivity index (χ1v) is 8.88. The van der Waals surface area contributed by atoms with Crippen LogP contribution in [0.2, 0.25) is 0 Å². The van der Waals surface area contributed by atoms with Gasteiger partial charge in [-0.25, -0.2) is 0 Å². The van der Waals surface area contributed by atoms with E-state index in [0.717, 1.165) is 5.92 Å². The van der Waals surface area contributed by atoms with Crippen LogP contribution in [0.15, 0.2) is 0 Å². The molecule has 0 radical (unpaired) electrons. The highest BCUT2D eigenvalue weighted by atomic mass is 79.9. The summed E-state index contributed by atoms with van der Waals surface area (Å²) in [5, 5.41) is 1.17. The van der Waals surface area contributed by atoms with Gasteiger partial charge in [0.05, 0.1) is 11.7 Å². The van der Waals surface area contributed by atoms with Gasteiger partial charge in [0.15, 0.2) is 0 Å². The average molecular weight is 316 g/mol. The monoisotopic (exact) mass is 315 g/mol. The number of rotatable bonds is 3. The molecular weight excluding hydrogens is 290 g/mol. The summed E-state index contributed by atoms with van der Waals surface area (Å²) in [7, 11) is 0. The van der Waals surface area contributed by atoms with Crippen molar-refractivity contribution in [2.45, 2.75) is 63.1 Å². The van der Waals surface area contributed by atoms with E-state index in [1.165, 1.54) is 76.3 Å². The van der Waals surface area contributed by atoms with E-state index in [4.69, 9.17) is 4.74 Å². The lowest BCUT2D eigenvalue weighted by molar-refractivity contribution is -0.0705. The molecule has 3 heteroatoms. The van der Waals surface area contributed by atoms with Crippen LogP contribution in [-0.2, 0) is 4.74 Å². The molecule has 2 aliphatic heterocycles. The summed E-state index contributed by atoms with van der Waals surface area (Å²) < 4.78 is 6.47. The first-order chi connectivity index (χ1) is 8.80. The van der Waals surface area contributed by atoms with Crippen LogP contribution in [-0.4, -0.2) is 41.6 Å². The predicted octanol–water partition coefficient (Wildman–Crippen LogP) is 3.59. The first-order valence-electron chi connectivity index (χ1n) is 7.76. The molecule has 1 aliphatic carbocycles. The third-order valence-electron chi connectivity index (χ3n) is 5.15. The van der Waals surface area contributed by atoms with Crippen LogP contribution in [0.4, 0.5) is 0 Å². The van der Waals surface area contributed by atoms with E-state index in [9.17, 15) is 0 Å². The molecule has 3 rings (SSSR count). The third kappa shape index (κ3) is 2.94. The topological polar surface area (TPSA) is 12.5 Å². The second kappa shape index (κ2) is 5.80. The number of alkyl halides is 1. The summed E-state index contributed by atoms with van der Waals surface area (Å²) in [6.45, 7) is 3.74. The second-order valence-electron chi connectivity index (χ2n) is 6.59. The smallest absolute Gasteiger partial charge is 0.0710 e. The Bertz CT molecular complexity index is 278. The number of hydrogen-bond acceptors (Lipinski definition) is 2. The Kier molecular flexibility index (Phi) is 4.32. The van der Waals surface area contributed by atoms with Crippen molar-refractivity contribution in [3.8, 4) is 0 Å². The van der Waals surface area contributed by atoms with Crippen molar-refractivity contribution in [2.75, 3.05) is 25.0 Å². The summed E-state index contributed by atoms with van der Waals surface area (Å²) in [4.78, 5) is 2.62. The van der Waals surface area contributed by atoms with Gasteiger partial charge in [0.2, 0.25) is 0 Å². The fourth-order valence-corrected chi connectivity index (χ4v) is 4.61. The minimum Gasteiger partial charge on any atom is -0.370 e. The van der Waals surface area contributed by atoms with Crippen LogP contribution in [0.1, 0.15) is 51.4 Å². The van der Waals surface area contributed by atoms with E-state index in [1.54, 1.807) is 0 Å². The highest BCUT2D eigenvalue weighted by Gasteiger charge is 2.41. The largest absolute Gasteiger partial charge is 0.370 e. The lowest BCUT2D eigenvalue weighted by Crippen LogP contribution is -2.35. The van der Waals surface area contributed by atoms with Crippen molar-refractivity contribution in [2.24, 2.45) is 5.92 Å². The molecule has 3 fully saturated rings. The summed E-state index contributed by atoms with van der Waals surface area (Å²) in [5.41, 5.74) is 0.303. The van der Waals surface area contributed by atoms with Gasteiger partial charge >= 0.3 is 0 Å². The molecule has 104 valence electrons. The average Bonchev–Trinajstić information content (AvgIpc) is 2.99. The van der Waals surface area contributed by atoms with E-state index in [0.29, 0.717) is 11.7 Å². The fraction of sp³-hybridized carbons (Fsp3) is 1.00. The van der Waals surface area contributed by atoms with Crippen molar-refractivity contribution in [3.05, 3.63) is 0 Å². The number of hydrogen-bond donors (Lipinski definition) is 0. The fourth-order valence-electron chi connectivity index (χ4n) is 4.08. The first kappa shape index (κ1) is 13.4. The van der Waals surface area contributed by atoms with Crippen LogP contribution in [0.25, 0.3) is 0 Å². The van der Waals surface area contributed by atoms with Crippen molar-refractivity contribution < 1.29 is 4.74 Å². The molecule has 2 heterocycles. The van der Waals surface area contributed by atoms with Crippen LogP contribution in [0.5, 0.6) is 0 Å². The molecular formula is C15H26BrNO. The Morgan fingerprint density at radius 1 is 1.11 bits per heavy atom. The van der Waals surface area contributed by atoms with Gasteiger partial charge in [-0.1, -0.05) is 35.2 Å². The molecule has 2 nitrogen and oxygen atoms in total. The van der Waals surface area contributed by atoms with Gasteiger partial charge in [-0.3, -0.25) is 0 Å². The Labute approximate surface area is 120 Å². The second-order valence-corrected chi connectivity index (χ2v) is 7.24. The van der Waals surface area contributed by atoms with E-state index < -0.39 is 0 Å². The number of halogens is 1. The van der Waals surface area contributed by atoms with E-state index in [2.05, 4.69) is 20.8 Å². The van der Waals surface area contributed by atoms with Gasteiger partial charge in [-0.2, -0.15) is 0 Å².